The van der Waals surface area contributed by atoms with Gasteiger partial charge in [-0.25, -0.2) is 4.39 Å². The van der Waals surface area contributed by atoms with Crippen LogP contribution in [-0.2, 0) is 6.54 Å². The SMILES string of the molecule is Cc1cn(Cc2ccc(F)cc2)c(C)c1-c1ccc(C#N)cc1. The Hall–Kier alpha value is -2.86. The molecule has 0 radical (unpaired) electrons. The molecule has 0 spiro atoms. The van der Waals surface area contributed by atoms with Crippen LogP contribution in [0.1, 0.15) is 22.4 Å². The van der Waals surface area contributed by atoms with Crippen LogP contribution in [0.3, 0.4) is 0 Å². The Morgan fingerprint density at radius 3 is 2.26 bits per heavy atom. The van der Waals surface area contributed by atoms with Crippen molar-refractivity contribution in [1.29, 1.82) is 5.26 Å². The molecule has 0 bridgehead atoms. The minimum Gasteiger partial charge on any atom is -0.346 e. The predicted octanol–water partition coefficient (Wildman–Crippen LogP) is 4.83. The maximum atomic E-state index is 13.0. The van der Waals surface area contributed by atoms with Gasteiger partial charge < -0.3 is 4.57 Å². The van der Waals surface area contributed by atoms with Crippen LogP contribution in [0.2, 0.25) is 0 Å². The summed E-state index contributed by atoms with van der Waals surface area (Å²) in [5, 5.41) is 8.92. The van der Waals surface area contributed by atoms with Gasteiger partial charge >= 0.3 is 0 Å². The van der Waals surface area contributed by atoms with Gasteiger partial charge in [0.25, 0.3) is 0 Å². The molecule has 0 aliphatic heterocycles. The van der Waals surface area contributed by atoms with Crippen molar-refractivity contribution >= 4 is 0 Å². The molecule has 3 rings (SSSR count). The third kappa shape index (κ3) is 3.02. The summed E-state index contributed by atoms with van der Waals surface area (Å²) in [6.45, 7) is 4.88. The van der Waals surface area contributed by atoms with Crippen molar-refractivity contribution in [3.8, 4) is 17.2 Å². The number of rotatable bonds is 3. The number of hydrogen-bond donors (Lipinski definition) is 0. The maximum absolute atomic E-state index is 13.0. The van der Waals surface area contributed by atoms with E-state index >= 15 is 0 Å². The van der Waals surface area contributed by atoms with Crippen molar-refractivity contribution in [3.63, 3.8) is 0 Å². The molecule has 3 aromatic rings. The van der Waals surface area contributed by atoms with Crippen molar-refractivity contribution in [2.75, 3.05) is 0 Å². The summed E-state index contributed by atoms with van der Waals surface area (Å²) in [5.74, 6) is -0.215. The van der Waals surface area contributed by atoms with Crippen molar-refractivity contribution in [1.82, 2.24) is 4.57 Å². The minimum absolute atomic E-state index is 0.215. The molecular weight excluding hydrogens is 287 g/mol. The first-order valence-corrected chi connectivity index (χ1v) is 7.50. The van der Waals surface area contributed by atoms with Crippen LogP contribution in [0.5, 0.6) is 0 Å². The first-order chi connectivity index (χ1) is 11.1. The first kappa shape index (κ1) is 15.1. The van der Waals surface area contributed by atoms with E-state index in [1.54, 1.807) is 0 Å². The van der Waals surface area contributed by atoms with Gasteiger partial charge in [0, 0.05) is 24.0 Å². The lowest BCUT2D eigenvalue weighted by Gasteiger charge is -2.08. The largest absolute Gasteiger partial charge is 0.346 e. The maximum Gasteiger partial charge on any atom is 0.123 e. The van der Waals surface area contributed by atoms with E-state index in [1.165, 1.54) is 23.3 Å². The van der Waals surface area contributed by atoms with Crippen molar-refractivity contribution in [3.05, 3.63) is 82.9 Å². The Bertz CT molecular complexity index is 866. The van der Waals surface area contributed by atoms with E-state index in [0.717, 1.165) is 16.8 Å². The highest BCUT2D eigenvalue weighted by Crippen LogP contribution is 2.29. The summed E-state index contributed by atoms with van der Waals surface area (Å²) in [5.41, 5.74) is 6.38. The van der Waals surface area contributed by atoms with E-state index in [2.05, 4.69) is 30.7 Å². The molecule has 23 heavy (non-hydrogen) atoms. The number of aryl methyl sites for hydroxylation is 1. The Balaban J connectivity index is 1.95. The van der Waals surface area contributed by atoms with Crippen molar-refractivity contribution in [2.45, 2.75) is 20.4 Å². The minimum atomic E-state index is -0.215. The molecule has 0 aliphatic carbocycles. The molecule has 0 fully saturated rings. The van der Waals surface area contributed by atoms with Gasteiger partial charge in [0.1, 0.15) is 5.82 Å². The Kier molecular flexibility index (Phi) is 3.99. The fourth-order valence-electron chi connectivity index (χ4n) is 2.92. The molecular formula is C20H17FN2. The normalized spacial score (nSPS) is 10.5. The van der Waals surface area contributed by atoms with E-state index in [-0.39, 0.29) is 5.82 Å². The molecule has 114 valence electrons. The van der Waals surface area contributed by atoms with Gasteiger partial charge in [-0.3, -0.25) is 0 Å². The van der Waals surface area contributed by atoms with Gasteiger partial charge in [0.2, 0.25) is 0 Å². The second kappa shape index (κ2) is 6.10. The van der Waals surface area contributed by atoms with E-state index in [9.17, 15) is 4.39 Å². The zero-order valence-corrected chi connectivity index (χ0v) is 13.2. The van der Waals surface area contributed by atoms with Crippen LogP contribution < -0.4 is 0 Å². The quantitative estimate of drug-likeness (QED) is 0.681. The average molecular weight is 304 g/mol. The van der Waals surface area contributed by atoms with E-state index < -0.39 is 0 Å². The molecule has 0 atom stereocenters. The number of aromatic nitrogens is 1. The second-order valence-electron chi connectivity index (χ2n) is 5.72. The molecule has 0 saturated carbocycles. The van der Waals surface area contributed by atoms with Crippen molar-refractivity contribution < 1.29 is 4.39 Å². The molecule has 0 saturated heterocycles. The molecule has 0 aliphatic rings. The van der Waals surface area contributed by atoms with E-state index in [1.807, 2.05) is 36.4 Å². The lowest BCUT2D eigenvalue weighted by Crippen LogP contribution is -2.00. The third-order valence-corrected chi connectivity index (χ3v) is 4.11. The standard InChI is InChI=1S/C20H17FN2/c1-14-12-23(13-17-5-9-19(21)10-6-17)15(2)20(14)18-7-3-16(11-22)4-8-18/h3-10,12H,13H2,1-2H3. The summed E-state index contributed by atoms with van der Waals surface area (Å²) >= 11 is 0. The Labute approximate surface area is 135 Å². The first-order valence-electron chi connectivity index (χ1n) is 7.50. The van der Waals surface area contributed by atoms with Gasteiger partial charge in [-0.1, -0.05) is 24.3 Å². The summed E-state index contributed by atoms with van der Waals surface area (Å²) in [4.78, 5) is 0. The van der Waals surface area contributed by atoms with Gasteiger partial charge in [-0.05, 0) is 54.8 Å². The molecule has 0 unspecified atom stereocenters. The third-order valence-electron chi connectivity index (χ3n) is 4.11. The smallest absolute Gasteiger partial charge is 0.123 e. The molecule has 2 aromatic carbocycles. The Morgan fingerprint density at radius 1 is 1.00 bits per heavy atom. The molecule has 1 aromatic heterocycles. The molecule has 1 heterocycles. The van der Waals surface area contributed by atoms with Crippen LogP contribution in [-0.4, -0.2) is 4.57 Å². The summed E-state index contributed by atoms with van der Waals surface area (Å²) in [7, 11) is 0. The molecule has 2 nitrogen and oxygen atoms in total. The zero-order valence-electron chi connectivity index (χ0n) is 13.2. The lowest BCUT2D eigenvalue weighted by molar-refractivity contribution is 0.626. The monoisotopic (exact) mass is 304 g/mol. The van der Waals surface area contributed by atoms with Gasteiger partial charge in [-0.15, -0.1) is 0 Å². The number of nitrogens with zero attached hydrogens (tertiary/aromatic N) is 2. The highest BCUT2D eigenvalue weighted by atomic mass is 19.1. The molecule has 0 N–H and O–H groups in total. The van der Waals surface area contributed by atoms with Crippen LogP contribution in [0.4, 0.5) is 4.39 Å². The van der Waals surface area contributed by atoms with Gasteiger partial charge in [0.15, 0.2) is 0 Å². The summed E-state index contributed by atoms with van der Waals surface area (Å²) in [6, 6.07) is 16.4. The fourth-order valence-corrected chi connectivity index (χ4v) is 2.92. The number of hydrogen-bond acceptors (Lipinski definition) is 1. The number of halogens is 1. The van der Waals surface area contributed by atoms with Crippen LogP contribution in [0.15, 0.2) is 54.7 Å². The van der Waals surface area contributed by atoms with Crippen LogP contribution in [0.25, 0.3) is 11.1 Å². The fraction of sp³-hybridized carbons (Fsp3) is 0.150. The van der Waals surface area contributed by atoms with Crippen LogP contribution in [0, 0.1) is 31.0 Å². The molecule has 0 amide bonds. The highest BCUT2D eigenvalue weighted by molar-refractivity contribution is 5.70. The predicted molar refractivity (Wildman–Crippen MR) is 89.6 cm³/mol. The van der Waals surface area contributed by atoms with Crippen LogP contribution >= 0.6 is 0 Å². The second-order valence-corrected chi connectivity index (χ2v) is 5.72. The molecule has 3 heteroatoms. The topological polar surface area (TPSA) is 28.7 Å². The van der Waals surface area contributed by atoms with Crippen molar-refractivity contribution in [2.24, 2.45) is 0 Å². The Morgan fingerprint density at radius 2 is 1.65 bits per heavy atom. The summed E-state index contributed by atoms with van der Waals surface area (Å²) < 4.78 is 15.2. The summed E-state index contributed by atoms with van der Waals surface area (Å²) in [6.07, 6.45) is 2.12. The number of nitriles is 1. The number of benzene rings is 2. The van der Waals surface area contributed by atoms with E-state index in [4.69, 9.17) is 5.26 Å². The van der Waals surface area contributed by atoms with Gasteiger partial charge in [0.05, 0.1) is 11.6 Å². The average Bonchev–Trinajstić information content (AvgIpc) is 2.84. The van der Waals surface area contributed by atoms with E-state index in [0.29, 0.717) is 12.1 Å². The van der Waals surface area contributed by atoms with Gasteiger partial charge in [-0.2, -0.15) is 5.26 Å². The lowest BCUT2D eigenvalue weighted by atomic mass is 10.0. The zero-order chi connectivity index (χ0) is 16.4. The highest BCUT2D eigenvalue weighted by Gasteiger charge is 2.12.